The number of aromatic nitrogens is 4. The third kappa shape index (κ3) is 2.74. The maximum atomic E-state index is 12.6. The van der Waals surface area contributed by atoms with Crippen LogP contribution in [-0.2, 0) is 0 Å². The van der Waals surface area contributed by atoms with E-state index in [1.165, 1.54) is 9.58 Å². The number of hydrogen-bond acceptors (Lipinski definition) is 5. The summed E-state index contributed by atoms with van der Waals surface area (Å²) < 4.78 is 3.13. The molecule has 8 heteroatoms. The first-order valence-electron chi connectivity index (χ1n) is 8.64. The number of fused-ring (bicyclic) bond motifs is 1. The van der Waals surface area contributed by atoms with Crippen LogP contribution >= 0.6 is 0 Å². The highest BCUT2D eigenvalue weighted by Crippen LogP contribution is 2.35. The molecule has 28 heavy (non-hydrogen) atoms. The molecule has 0 spiro atoms. The molecular weight excluding hydrogens is 358 g/mol. The predicted octanol–water partition coefficient (Wildman–Crippen LogP) is 1.04. The highest BCUT2D eigenvalue weighted by Gasteiger charge is 2.38. The molecule has 0 bridgehead atoms. The fourth-order valence-corrected chi connectivity index (χ4v) is 3.54. The molecule has 0 unspecified atom stereocenters. The quantitative estimate of drug-likeness (QED) is 0.691. The second-order valence-electron chi connectivity index (χ2n) is 6.58. The van der Waals surface area contributed by atoms with Crippen molar-refractivity contribution in [3.8, 4) is 18.1 Å². The monoisotopic (exact) mass is 375 g/mol. The lowest BCUT2D eigenvalue weighted by atomic mass is 9.97. The van der Waals surface area contributed by atoms with E-state index in [1.54, 1.807) is 24.0 Å². The van der Waals surface area contributed by atoms with Crippen molar-refractivity contribution in [3.05, 3.63) is 76.0 Å². The number of amides is 1. The van der Waals surface area contributed by atoms with Crippen LogP contribution in [0, 0.1) is 12.3 Å². The number of hydrogen-bond donors (Lipinski definition) is 1. The second-order valence-corrected chi connectivity index (χ2v) is 6.58. The van der Waals surface area contributed by atoms with E-state index in [9.17, 15) is 14.7 Å². The van der Waals surface area contributed by atoms with Crippen molar-refractivity contribution < 1.29 is 9.90 Å². The zero-order chi connectivity index (χ0) is 19.8. The van der Waals surface area contributed by atoms with Gasteiger partial charge in [-0.1, -0.05) is 30.3 Å². The molecule has 2 atom stereocenters. The highest BCUT2D eigenvalue weighted by atomic mass is 16.3. The van der Waals surface area contributed by atoms with Crippen LogP contribution in [0.5, 0.6) is 5.75 Å². The molecule has 1 aliphatic rings. The number of carbonyl (C=O) groups excluding carboxylic acids is 1. The van der Waals surface area contributed by atoms with Crippen LogP contribution in [0.1, 0.15) is 33.8 Å². The number of aromatic hydroxyl groups is 1. The Morgan fingerprint density at radius 3 is 2.68 bits per heavy atom. The summed E-state index contributed by atoms with van der Waals surface area (Å²) in [6.45, 7) is 0.311. The summed E-state index contributed by atoms with van der Waals surface area (Å²) in [5.74, 6) is 1.44. The SMILES string of the molecule is C#Cc1ccn([C@@H](c2ccccc2)[C@@H]2CN(C)C(=O)c3c(O)c(=O)cnn32)n1. The van der Waals surface area contributed by atoms with Crippen molar-refractivity contribution in [1.29, 1.82) is 0 Å². The number of carbonyl (C=O) groups is 1. The molecule has 1 amide bonds. The van der Waals surface area contributed by atoms with Gasteiger partial charge in [0, 0.05) is 19.8 Å². The maximum Gasteiger partial charge on any atom is 0.275 e. The summed E-state index contributed by atoms with van der Waals surface area (Å²) in [6.07, 6.45) is 8.26. The third-order valence-electron chi connectivity index (χ3n) is 4.86. The Morgan fingerprint density at radius 2 is 2.00 bits per heavy atom. The molecule has 4 rings (SSSR count). The van der Waals surface area contributed by atoms with E-state index >= 15 is 0 Å². The van der Waals surface area contributed by atoms with Gasteiger partial charge in [0.05, 0.1) is 12.2 Å². The molecule has 2 aromatic heterocycles. The van der Waals surface area contributed by atoms with E-state index in [0.717, 1.165) is 11.8 Å². The lowest BCUT2D eigenvalue weighted by molar-refractivity contribution is 0.0667. The van der Waals surface area contributed by atoms with Crippen LogP contribution in [0.15, 0.2) is 53.6 Å². The average Bonchev–Trinajstić information content (AvgIpc) is 3.18. The molecule has 0 fully saturated rings. The Balaban J connectivity index is 1.94. The molecule has 0 aliphatic carbocycles. The van der Waals surface area contributed by atoms with Gasteiger partial charge in [-0.2, -0.15) is 10.2 Å². The van der Waals surface area contributed by atoms with Crippen LogP contribution in [-0.4, -0.2) is 49.1 Å². The van der Waals surface area contributed by atoms with Crippen molar-refractivity contribution in [2.45, 2.75) is 12.1 Å². The van der Waals surface area contributed by atoms with Gasteiger partial charge in [-0.25, -0.2) is 4.68 Å². The molecule has 3 heterocycles. The summed E-state index contributed by atoms with van der Waals surface area (Å²) in [7, 11) is 1.62. The molecule has 1 aromatic carbocycles. The van der Waals surface area contributed by atoms with E-state index < -0.39 is 23.1 Å². The molecule has 0 radical (unpaired) electrons. The number of likely N-dealkylation sites (N-methyl/N-ethyl adjacent to an activating group) is 1. The molecule has 8 nitrogen and oxygen atoms in total. The number of benzene rings is 1. The van der Waals surface area contributed by atoms with Crippen molar-refractivity contribution in [2.75, 3.05) is 13.6 Å². The minimum absolute atomic E-state index is 0.128. The third-order valence-corrected chi connectivity index (χ3v) is 4.86. The maximum absolute atomic E-state index is 12.6. The van der Waals surface area contributed by atoms with E-state index in [2.05, 4.69) is 16.1 Å². The first kappa shape index (κ1) is 17.5. The largest absolute Gasteiger partial charge is 0.502 e. The lowest BCUT2D eigenvalue weighted by Gasteiger charge is -2.37. The zero-order valence-corrected chi connectivity index (χ0v) is 15.1. The normalized spacial score (nSPS) is 17.1. The molecule has 0 saturated carbocycles. The van der Waals surface area contributed by atoms with Crippen LogP contribution < -0.4 is 5.43 Å². The van der Waals surface area contributed by atoms with Gasteiger partial charge in [0.15, 0.2) is 11.4 Å². The van der Waals surface area contributed by atoms with Crippen LogP contribution in [0.3, 0.4) is 0 Å². The van der Waals surface area contributed by atoms with Gasteiger partial charge in [0.2, 0.25) is 5.43 Å². The molecule has 140 valence electrons. The van der Waals surface area contributed by atoms with Crippen molar-refractivity contribution in [2.24, 2.45) is 0 Å². The van der Waals surface area contributed by atoms with Gasteiger partial charge in [0.25, 0.3) is 5.91 Å². The zero-order valence-electron chi connectivity index (χ0n) is 15.1. The Bertz CT molecular complexity index is 1140. The Labute approximate surface area is 160 Å². The van der Waals surface area contributed by atoms with E-state index in [-0.39, 0.29) is 11.7 Å². The summed E-state index contributed by atoms with van der Waals surface area (Å²) in [5.41, 5.74) is 0.583. The number of rotatable bonds is 3. The minimum atomic E-state index is -0.696. The van der Waals surface area contributed by atoms with Crippen molar-refractivity contribution in [3.63, 3.8) is 0 Å². The van der Waals surface area contributed by atoms with Crippen molar-refractivity contribution >= 4 is 5.91 Å². The fraction of sp³-hybridized carbons (Fsp3) is 0.200. The number of nitrogens with zero attached hydrogens (tertiary/aromatic N) is 5. The molecule has 1 N–H and O–H groups in total. The standard InChI is InChI=1S/C20H17N5O3/c1-3-14-9-10-24(22-14)17(13-7-5-4-6-8-13)15-12-23(2)20(28)18-19(27)16(26)11-21-25(15)18/h1,4-11,15,17,27H,12H2,2H3/t15-,17-/m0/s1. The highest BCUT2D eigenvalue weighted by molar-refractivity contribution is 5.95. The summed E-state index contributed by atoms with van der Waals surface area (Å²) in [5, 5.41) is 18.9. The van der Waals surface area contributed by atoms with Gasteiger partial charge in [-0.15, -0.1) is 6.42 Å². The number of terminal acetylenes is 1. The predicted molar refractivity (Wildman–Crippen MR) is 101 cm³/mol. The molecule has 0 saturated heterocycles. The van der Waals surface area contributed by atoms with Gasteiger partial charge >= 0.3 is 0 Å². The Kier molecular flexibility index (Phi) is 4.20. The van der Waals surface area contributed by atoms with Gasteiger partial charge in [-0.3, -0.25) is 14.3 Å². The molecule has 1 aliphatic heterocycles. The lowest BCUT2D eigenvalue weighted by Crippen LogP contribution is -2.46. The smallest absolute Gasteiger partial charge is 0.275 e. The van der Waals surface area contributed by atoms with E-state index in [1.807, 2.05) is 30.3 Å². The van der Waals surface area contributed by atoms with E-state index in [0.29, 0.717) is 12.2 Å². The Morgan fingerprint density at radius 1 is 1.25 bits per heavy atom. The fourth-order valence-electron chi connectivity index (χ4n) is 3.54. The van der Waals surface area contributed by atoms with Gasteiger partial charge in [0.1, 0.15) is 11.7 Å². The molecular formula is C20H17N5O3. The molecule has 3 aromatic rings. The van der Waals surface area contributed by atoms with E-state index in [4.69, 9.17) is 6.42 Å². The summed E-state index contributed by atoms with van der Waals surface area (Å²) >= 11 is 0. The Hall–Kier alpha value is -3.86. The summed E-state index contributed by atoms with van der Waals surface area (Å²) in [6, 6.07) is 10.5. The van der Waals surface area contributed by atoms with Crippen LogP contribution in [0.25, 0.3) is 0 Å². The van der Waals surface area contributed by atoms with Crippen LogP contribution in [0.4, 0.5) is 0 Å². The average molecular weight is 375 g/mol. The van der Waals surface area contributed by atoms with Gasteiger partial charge < -0.3 is 10.0 Å². The van der Waals surface area contributed by atoms with Crippen molar-refractivity contribution in [1.82, 2.24) is 24.5 Å². The van der Waals surface area contributed by atoms with Gasteiger partial charge in [-0.05, 0) is 17.6 Å². The minimum Gasteiger partial charge on any atom is -0.502 e. The van der Waals surface area contributed by atoms with Crippen LogP contribution in [0.2, 0.25) is 0 Å². The first-order valence-corrected chi connectivity index (χ1v) is 8.64. The first-order chi connectivity index (χ1) is 13.5. The second kappa shape index (κ2) is 6.70. The topological polar surface area (TPSA) is 93.3 Å². The summed E-state index contributed by atoms with van der Waals surface area (Å²) in [4.78, 5) is 25.9.